The summed E-state index contributed by atoms with van der Waals surface area (Å²) >= 11 is 4.32. The van der Waals surface area contributed by atoms with Gasteiger partial charge in [0.15, 0.2) is 11.7 Å². The van der Waals surface area contributed by atoms with E-state index < -0.39 is 18.1 Å². The number of allylic oxidation sites excluding steroid dienone is 1. The lowest BCUT2D eigenvalue weighted by molar-refractivity contribution is -0.153. The maximum atomic E-state index is 13.8. The molecule has 0 unspecified atom stereocenters. The van der Waals surface area contributed by atoms with E-state index in [1.807, 2.05) is 66.1 Å². The Balaban J connectivity index is 1.32. The molecule has 6 rings (SSSR count). The predicted molar refractivity (Wildman–Crippen MR) is 154 cm³/mol. The number of ether oxygens (including phenoxy) is 1. The molecule has 2 aliphatic rings. The van der Waals surface area contributed by atoms with Crippen LogP contribution in [0.2, 0.25) is 0 Å². The fraction of sp³-hybridized carbons (Fsp3) is 0.138. The molecule has 196 valence electrons. The van der Waals surface area contributed by atoms with Crippen LogP contribution in [0.15, 0.2) is 115 Å². The number of fused-ring (bicyclic) bond motifs is 2. The van der Waals surface area contributed by atoms with E-state index in [2.05, 4.69) is 0 Å². The van der Waals surface area contributed by atoms with Crippen LogP contribution in [0.1, 0.15) is 17.2 Å². The van der Waals surface area contributed by atoms with Crippen molar-refractivity contribution in [2.24, 2.45) is 5.73 Å². The minimum Gasteiger partial charge on any atom is -0.459 e. The Hall–Kier alpha value is -3.57. The topological polar surface area (TPSA) is 103 Å². The second kappa shape index (κ2) is 10.9. The van der Waals surface area contributed by atoms with Crippen LogP contribution in [0.25, 0.3) is 10.3 Å². The summed E-state index contributed by atoms with van der Waals surface area (Å²) in [6, 6.07) is 21.6. The van der Waals surface area contributed by atoms with Gasteiger partial charge >= 0.3 is 5.97 Å². The highest BCUT2D eigenvalue weighted by Crippen LogP contribution is 2.41. The molecule has 0 radical (unpaired) electrons. The van der Waals surface area contributed by atoms with Gasteiger partial charge in [-0.2, -0.15) is 0 Å². The number of carbonyl (C=O) groups excluding carboxylic acids is 2. The number of benzene rings is 2. The van der Waals surface area contributed by atoms with Gasteiger partial charge in [-0.1, -0.05) is 72.4 Å². The summed E-state index contributed by atoms with van der Waals surface area (Å²) < 4.78 is 12.9. The third-order valence-corrected chi connectivity index (χ3v) is 9.77. The van der Waals surface area contributed by atoms with E-state index >= 15 is 0 Å². The molecule has 0 spiro atoms. The molecule has 2 N–H and O–H groups in total. The van der Waals surface area contributed by atoms with Crippen molar-refractivity contribution in [1.82, 2.24) is 4.90 Å². The maximum absolute atomic E-state index is 13.8. The second-order valence-corrected chi connectivity index (χ2v) is 12.3. The normalized spacial score (nSPS) is 19.0. The van der Waals surface area contributed by atoms with E-state index in [-0.39, 0.29) is 22.4 Å². The summed E-state index contributed by atoms with van der Waals surface area (Å²) in [6.07, 6.45) is 2.65. The Morgan fingerprint density at radius 3 is 2.46 bits per heavy atom. The first-order valence-electron chi connectivity index (χ1n) is 12.1. The highest BCUT2D eigenvalue weighted by Gasteiger charge is 2.52. The number of esters is 1. The number of nitrogens with two attached hydrogens (primary N) is 1. The van der Waals surface area contributed by atoms with Gasteiger partial charge in [0.2, 0.25) is 11.3 Å². The van der Waals surface area contributed by atoms with Gasteiger partial charge in [0.1, 0.15) is 17.1 Å². The van der Waals surface area contributed by atoms with E-state index in [1.165, 1.54) is 52.1 Å². The number of amides is 1. The fourth-order valence-corrected chi connectivity index (χ4v) is 7.70. The highest BCUT2D eigenvalue weighted by atomic mass is 32.2. The fourth-order valence-electron chi connectivity index (χ4n) is 4.51. The number of furan rings is 1. The average molecular weight is 575 g/mol. The summed E-state index contributed by atoms with van der Waals surface area (Å²) in [6.45, 7) is 0. The van der Waals surface area contributed by atoms with Crippen molar-refractivity contribution in [1.29, 1.82) is 0 Å². The van der Waals surface area contributed by atoms with E-state index in [1.54, 1.807) is 12.1 Å². The third-order valence-electron chi connectivity index (χ3n) is 6.43. The van der Waals surface area contributed by atoms with Crippen molar-refractivity contribution in [3.05, 3.63) is 123 Å². The molecule has 2 atom stereocenters. The number of nitrogens with zero attached hydrogens (tertiary/aromatic N) is 1. The predicted octanol–water partition coefficient (Wildman–Crippen LogP) is 5.29. The molecule has 10 heteroatoms. The number of rotatable bonds is 7. The number of β-lactam (4-membered cyclic amide) rings is 1. The van der Waals surface area contributed by atoms with Gasteiger partial charge < -0.3 is 14.9 Å². The molecular formula is C29H22N2O5S3. The molecule has 0 saturated carbocycles. The maximum Gasteiger partial charge on any atom is 0.356 e. The Morgan fingerprint density at radius 1 is 1.08 bits per heavy atom. The molecule has 0 bridgehead atoms. The largest absolute Gasteiger partial charge is 0.459 e. The van der Waals surface area contributed by atoms with Gasteiger partial charge in [0, 0.05) is 11.8 Å². The van der Waals surface area contributed by atoms with Crippen LogP contribution < -0.4 is 11.2 Å². The van der Waals surface area contributed by atoms with Crippen LogP contribution in [-0.4, -0.2) is 33.9 Å². The molecule has 1 amide bonds. The van der Waals surface area contributed by atoms with Gasteiger partial charge in [-0.15, -0.1) is 23.1 Å². The molecule has 1 saturated heterocycles. The van der Waals surface area contributed by atoms with Gasteiger partial charge in [-0.3, -0.25) is 14.5 Å². The highest BCUT2D eigenvalue weighted by molar-refractivity contribution is 8.04. The third kappa shape index (κ3) is 4.96. The molecule has 2 aromatic carbocycles. The van der Waals surface area contributed by atoms with Gasteiger partial charge in [-0.05, 0) is 34.3 Å². The van der Waals surface area contributed by atoms with Crippen LogP contribution in [0.4, 0.5) is 0 Å². The first-order valence-corrected chi connectivity index (χ1v) is 14.8. The molecule has 2 aliphatic heterocycles. The number of carbonyl (C=O) groups is 2. The summed E-state index contributed by atoms with van der Waals surface area (Å²) in [5, 5.41) is 1.50. The lowest BCUT2D eigenvalue weighted by Gasteiger charge is -2.48. The number of thioether (sulfide) groups is 2. The zero-order valence-corrected chi connectivity index (χ0v) is 22.8. The van der Waals surface area contributed by atoms with E-state index in [0.717, 1.165) is 20.0 Å². The molecule has 2 aromatic heterocycles. The number of hydrogen-bond donors (Lipinski definition) is 1. The standard InChI is InChI=1S/C29H22N2O5S3/c30-23-27(33)31-24(29(34)36-25(17-7-3-1-4-8-17)18-9-5-2-6-10-18)19(16-38-28(23)31)12-14-37-22-15-20(32)26-21(39-22)11-13-35-26/h1-15,23,25,28H,16,30H2/t23-,28-/m1/s1. The van der Waals surface area contributed by atoms with Crippen LogP contribution in [0, 0.1) is 0 Å². The van der Waals surface area contributed by atoms with Crippen molar-refractivity contribution < 1.29 is 18.7 Å². The average Bonchev–Trinajstić information content (AvgIpc) is 3.45. The Kier molecular flexibility index (Phi) is 7.18. The summed E-state index contributed by atoms with van der Waals surface area (Å²) in [4.78, 5) is 40.3. The molecule has 0 aliphatic carbocycles. The Bertz CT molecular complexity index is 1620. The van der Waals surface area contributed by atoms with Crippen molar-refractivity contribution >= 4 is 57.0 Å². The first-order chi connectivity index (χ1) is 19.0. The quantitative estimate of drug-likeness (QED) is 0.181. The minimum absolute atomic E-state index is 0.183. The van der Waals surface area contributed by atoms with Crippen LogP contribution in [0.5, 0.6) is 0 Å². The van der Waals surface area contributed by atoms with Gasteiger partial charge in [-0.25, -0.2) is 4.79 Å². The van der Waals surface area contributed by atoms with Crippen molar-refractivity contribution in [3.8, 4) is 0 Å². The Morgan fingerprint density at radius 2 is 1.77 bits per heavy atom. The molecule has 39 heavy (non-hydrogen) atoms. The summed E-state index contributed by atoms with van der Waals surface area (Å²) in [7, 11) is 0. The van der Waals surface area contributed by atoms with Crippen LogP contribution >= 0.6 is 34.9 Å². The lowest BCUT2D eigenvalue weighted by Crippen LogP contribution is -2.68. The lowest BCUT2D eigenvalue weighted by atomic mass is 10.0. The smallest absolute Gasteiger partial charge is 0.356 e. The van der Waals surface area contributed by atoms with Gasteiger partial charge in [0.25, 0.3) is 0 Å². The summed E-state index contributed by atoms with van der Waals surface area (Å²) in [5.41, 5.74) is 8.72. The van der Waals surface area contributed by atoms with E-state index in [9.17, 15) is 14.4 Å². The Labute approximate surface area is 236 Å². The minimum atomic E-state index is -0.657. The summed E-state index contributed by atoms with van der Waals surface area (Å²) in [5.74, 6) is -0.410. The molecule has 1 fully saturated rings. The van der Waals surface area contributed by atoms with E-state index in [0.29, 0.717) is 16.9 Å². The first kappa shape index (κ1) is 25.7. The molecule has 4 heterocycles. The molecule has 7 nitrogen and oxygen atoms in total. The van der Waals surface area contributed by atoms with Crippen molar-refractivity contribution in [2.75, 3.05) is 5.75 Å². The van der Waals surface area contributed by atoms with Crippen molar-refractivity contribution in [3.63, 3.8) is 0 Å². The van der Waals surface area contributed by atoms with Crippen LogP contribution in [0.3, 0.4) is 0 Å². The molecular weight excluding hydrogens is 553 g/mol. The second-order valence-electron chi connectivity index (χ2n) is 8.88. The SMILES string of the molecule is N[C@@H]1C(=O)N2C(C(=O)OC(c3ccccc3)c3ccccc3)=C(C=CSc3cc(=O)c4occc4s3)CS[C@H]12. The van der Waals surface area contributed by atoms with E-state index in [4.69, 9.17) is 14.9 Å². The van der Waals surface area contributed by atoms with Gasteiger partial charge in [0.05, 0.1) is 15.2 Å². The monoisotopic (exact) mass is 574 g/mol. The zero-order valence-electron chi connectivity index (χ0n) is 20.4. The van der Waals surface area contributed by atoms with Crippen molar-refractivity contribution in [2.45, 2.75) is 21.7 Å². The molecule has 4 aromatic rings. The number of hydrogen-bond acceptors (Lipinski definition) is 9. The zero-order chi connectivity index (χ0) is 26.9. The van der Waals surface area contributed by atoms with Crippen LogP contribution in [-0.2, 0) is 14.3 Å².